The van der Waals surface area contributed by atoms with E-state index in [1.54, 1.807) is 10.7 Å². The van der Waals surface area contributed by atoms with Crippen LogP contribution in [0.1, 0.15) is 42.1 Å². The summed E-state index contributed by atoms with van der Waals surface area (Å²) in [5, 5.41) is 5.90. The normalized spacial score (nSPS) is 11.0. The summed E-state index contributed by atoms with van der Waals surface area (Å²) < 4.78 is 12.9. The number of amides is 1. The van der Waals surface area contributed by atoms with Gasteiger partial charge in [-0.3, -0.25) is 0 Å². The van der Waals surface area contributed by atoms with Gasteiger partial charge < -0.3 is 15.2 Å². The molecule has 31 heavy (non-hydrogen) atoms. The van der Waals surface area contributed by atoms with E-state index >= 15 is 0 Å². The highest BCUT2D eigenvalue weighted by atomic mass is 35.5. The van der Waals surface area contributed by atoms with Crippen molar-refractivity contribution in [1.29, 1.82) is 0 Å². The van der Waals surface area contributed by atoms with Crippen LogP contribution >= 0.6 is 23.2 Å². The Morgan fingerprint density at radius 2 is 1.77 bits per heavy atom. The molecule has 0 radical (unpaired) electrons. The maximum atomic E-state index is 11.0. The predicted octanol–water partition coefficient (Wildman–Crippen LogP) is 5.58. The van der Waals surface area contributed by atoms with Gasteiger partial charge in [-0.2, -0.15) is 5.10 Å². The molecule has 0 fully saturated rings. The molecule has 0 bridgehead atoms. The zero-order valence-electron chi connectivity index (χ0n) is 17.5. The number of carbonyl (C=O) groups is 1. The van der Waals surface area contributed by atoms with E-state index < -0.39 is 6.09 Å². The third-order valence-electron chi connectivity index (χ3n) is 4.65. The van der Waals surface area contributed by atoms with Gasteiger partial charge in [0.1, 0.15) is 13.2 Å². The quantitative estimate of drug-likeness (QED) is 0.450. The van der Waals surface area contributed by atoms with Crippen molar-refractivity contribution in [3.8, 4) is 5.88 Å². The first-order valence-corrected chi connectivity index (χ1v) is 10.7. The molecule has 0 aliphatic heterocycles. The second kappa shape index (κ2) is 10.6. The fraction of sp³-hybridized carbons (Fsp3) is 0.304. The Balaban J connectivity index is 1.97. The van der Waals surface area contributed by atoms with Gasteiger partial charge in [-0.05, 0) is 35.2 Å². The fourth-order valence-electron chi connectivity index (χ4n) is 3.32. The van der Waals surface area contributed by atoms with Crippen molar-refractivity contribution in [3.63, 3.8) is 0 Å². The molecular formula is C23H25Cl2N3O3. The monoisotopic (exact) mass is 461 g/mol. The third kappa shape index (κ3) is 6.39. The van der Waals surface area contributed by atoms with Crippen molar-refractivity contribution in [2.45, 2.75) is 39.3 Å². The van der Waals surface area contributed by atoms with E-state index in [2.05, 4.69) is 13.8 Å². The van der Waals surface area contributed by atoms with Crippen molar-refractivity contribution >= 4 is 29.3 Å². The minimum absolute atomic E-state index is 0.0959. The van der Waals surface area contributed by atoms with Gasteiger partial charge in [-0.25, -0.2) is 9.48 Å². The number of nitrogens with two attached hydrogens (primary N) is 1. The number of halogens is 2. The molecule has 1 aromatic heterocycles. The van der Waals surface area contributed by atoms with Gasteiger partial charge in [-0.15, -0.1) is 0 Å². The van der Waals surface area contributed by atoms with Crippen LogP contribution in [0.2, 0.25) is 10.0 Å². The van der Waals surface area contributed by atoms with Gasteiger partial charge >= 0.3 is 6.09 Å². The second-order valence-corrected chi connectivity index (χ2v) is 8.32. The first kappa shape index (κ1) is 23.0. The van der Waals surface area contributed by atoms with E-state index in [1.807, 2.05) is 42.5 Å². The Morgan fingerprint density at radius 3 is 2.39 bits per heavy atom. The first-order valence-electron chi connectivity index (χ1n) is 9.97. The molecule has 2 aromatic carbocycles. The van der Waals surface area contributed by atoms with Crippen molar-refractivity contribution in [3.05, 3.63) is 81.0 Å². The molecule has 1 heterocycles. The maximum absolute atomic E-state index is 11.0. The molecule has 164 valence electrons. The van der Waals surface area contributed by atoms with Gasteiger partial charge in [0, 0.05) is 22.0 Å². The smallest absolute Gasteiger partial charge is 0.404 e. The molecule has 2 N–H and O–H groups in total. The van der Waals surface area contributed by atoms with Crippen LogP contribution in [-0.4, -0.2) is 22.5 Å². The summed E-state index contributed by atoms with van der Waals surface area (Å²) in [4.78, 5) is 11.0. The van der Waals surface area contributed by atoms with Crippen molar-refractivity contribution in [2.24, 2.45) is 5.73 Å². The lowest BCUT2D eigenvalue weighted by atomic mass is 9.99. The van der Waals surface area contributed by atoms with Crippen molar-refractivity contribution in [1.82, 2.24) is 9.78 Å². The molecule has 3 rings (SSSR count). The van der Waals surface area contributed by atoms with E-state index in [1.165, 1.54) is 0 Å². The standard InChI is InChI=1S/C23H25Cl2N3O3/c1-15(2)21-20(12-17-10-18(24)13-19(25)11-17)22(28(27-21)8-9-30-23(26)29)31-14-16-6-4-3-5-7-16/h3-7,10-11,13,15H,8-9,12,14H2,1-2H3,(H2,26,29). The van der Waals surface area contributed by atoms with E-state index in [0.717, 1.165) is 22.4 Å². The molecule has 6 nitrogen and oxygen atoms in total. The molecule has 0 saturated heterocycles. The summed E-state index contributed by atoms with van der Waals surface area (Å²) in [6.07, 6.45) is -0.272. The molecule has 0 aliphatic rings. The van der Waals surface area contributed by atoms with Crippen molar-refractivity contribution < 1.29 is 14.3 Å². The topological polar surface area (TPSA) is 79.4 Å². The highest BCUT2D eigenvalue weighted by molar-refractivity contribution is 6.34. The number of ether oxygens (including phenoxy) is 2. The van der Waals surface area contributed by atoms with E-state index in [9.17, 15) is 4.79 Å². The first-order chi connectivity index (χ1) is 14.8. The number of rotatable bonds is 9. The molecule has 3 aromatic rings. The number of nitrogens with zero attached hydrogens (tertiary/aromatic N) is 2. The number of hydrogen-bond donors (Lipinski definition) is 1. The van der Waals surface area contributed by atoms with Gasteiger partial charge in [-0.1, -0.05) is 67.4 Å². The van der Waals surface area contributed by atoms with Crippen molar-refractivity contribution in [2.75, 3.05) is 6.61 Å². The Morgan fingerprint density at radius 1 is 1.10 bits per heavy atom. The van der Waals surface area contributed by atoms with Crippen LogP contribution in [-0.2, 0) is 24.3 Å². The van der Waals surface area contributed by atoms with E-state index in [0.29, 0.717) is 35.5 Å². The molecule has 0 unspecified atom stereocenters. The van der Waals surface area contributed by atoms with Crippen LogP contribution in [0, 0.1) is 0 Å². The largest absolute Gasteiger partial charge is 0.473 e. The lowest BCUT2D eigenvalue weighted by molar-refractivity contribution is 0.148. The van der Waals surface area contributed by atoms with Crippen LogP contribution in [0.5, 0.6) is 5.88 Å². The predicted molar refractivity (Wildman–Crippen MR) is 122 cm³/mol. The fourth-order valence-corrected chi connectivity index (χ4v) is 3.89. The Bertz CT molecular complexity index is 1020. The van der Waals surface area contributed by atoms with Gasteiger partial charge in [0.05, 0.1) is 12.2 Å². The number of aromatic nitrogens is 2. The van der Waals surface area contributed by atoms with Gasteiger partial charge in [0.2, 0.25) is 5.88 Å². The molecular weight excluding hydrogens is 437 g/mol. The lowest BCUT2D eigenvalue weighted by Crippen LogP contribution is -2.18. The zero-order chi connectivity index (χ0) is 22.4. The maximum Gasteiger partial charge on any atom is 0.404 e. The number of hydrogen-bond acceptors (Lipinski definition) is 4. The lowest BCUT2D eigenvalue weighted by Gasteiger charge is -2.13. The summed E-state index contributed by atoms with van der Waals surface area (Å²) in [6, 6.07) is 15.3. The summed E-state index contributed by atoms with van der Waals surface area (Å²) in [5.74, 6) is 0.777. The summed E-state index contributed by atoms with van der Waals surface area (Å²) in [7, 11) is 0. The average molecular weight is 462 g/mol. The Hall–Kier alpha value is -2.70. The van der Waals surface area contributed by atoms with Gasteiger partial charge in [0.25, 0.3) is 0 Å². The Labute approximate surface area is 191 Å². The highest BCUT2D eigenvalue weighted by Gasteiger charge is 2.22. The average Bonchev–Trinajstić information content (AvgIpc) is 3.03. The van der Waals surface area contributed by atoms with Crippen LogP contribution < -0.4 is 10.5 Å². The zero-order valence-corrected chi connectivity index (χ0v) is 19.0. The van der Waals surface area contributed by atoms with E-state index in [4.69, 9.17) is 43.5 Å². The third-order valence-corrected chi connectivity index (χ3v) is 5.08. The summed E-state index contributed by atoms with van der Waals surface area (Å²) in [6.45, 7) is 4.94. The molecule has 8 heteroatoms. The van der Waals surface area contributed by atoms with Gasteiger partial charge in [0.15, 0.2) is 0 Å². The molecule has 0 atom stereocenters. The summed E-state index contributed by atoms with van der Waals surface area (Å²) in [5.41, 5.74) is 8.93. The second-order valence-electron chi connectivity index (χ2n) is 7.44. The molecule has 0 spiro atoms. The number of primary amides is 1. The summed E-state index contributed by atoms with van der Waals surface area (Å²) >= 11 is 12.4. The molecule has 1 amide bonds. The highest BCUT2D eigenvalue weighted by Crippen LogP contribution is 2.32. The Kier molecular flexibility index (Phi) is 7.82. The minimum atomic E-state index is -0.822. The molecule has 0 aliphatic carbocycles. The number of carbonyl (C=O) groups excluding carboxylic acids is 1. The van der Waals surface area contributed by atoms with Crippen LogP contribution in [0.15, 0.2) is 48.5 Å². The van der Waals surface area contributed by atoms with Crippen LogP contribution in [0.3, 0.4) is 0 Å². The minimum Gasteiger partial charge on any atom is -0.473 e. The SMILES string of the molecule is CC(C)c1nn(CCOC(N)=O)c(OCc2ccccc2)c1Cc1cc(Cl)cc(Cl)c1. The molecule has 0 saturated carbocycles. The number of benzene rings is 2. The van der Waals surface area contributed by atoms with E-state index in [-0.39, 0.29) is 12.5 Å². The van der Waals surface area contributed by atoms with Crippen LogP contribution in [0.25, 0.3) is 0 Å². The van der Waals surface area contributed by atoms with Crippen LogP contribution in [0.4, 0.5) is 4.79 Å².